The molecule has 5 N–H and O–H groups in total. The molecule has 0 spiro atoms. The Morgan fingerprint density at radius 1 is 0.722 bits per heavy atom. The molecule has 1 amide bonds. The molecule has 54 heavy (non-hydrogen) atoms. The molecule has 11 nitrogen and oxygen atoms in total. The number of ketones is 1. The van der Waals surface area contributed by atoms with E-state index in [1.807, 2.05) is 35.2 Å². The summed E-state index contributed by atoms with van der Waals surface area (Å²) in [6.45, 7) is 14.5. The maximum atomic E-state index is 13.9. The van der Waals surface area contributed by atoms with E-state index < -0.39 is 0 Å². The summed E-state index contributed by atoms with van der Waals surface area (Å²) in [7, 11) is 0. The fourth-order valence-electron chi connectivity index (χ4n) is 7.22. The molecular formula is C43H67N9O2. The fourth-order valence-corrected chi connectivity index (χ4v) is 7.22. The number of hydrogen-bond donors (Lipinski definition) is 4. The van der Waals surface area contributed by atoms with Crippen LogP contribution in [0.1, 0.15) is 137 Å². The van der Waals surface area contributed by atoms with Gasteiger partial charge in [-0.25, -0.2) is 0 Å². The minimum atomic E-state index is -0.378. The van der Waals surface area contributed by atoms with Crippen molar-refractivity contribution in [2.24, 2.45) is 5.73 Å². The van der Waals surface area contributed by atoms with Gasteiger partial charge in [0.15, 0.2) is 11.6 Å². The number of nitrogens with zero attached hydrogens (tertiary/aromatic N) is 5. The van der Waals surface area contributed by atoms with E-state index in [2.05, 4.69) is 48.5 Å². The highest BCUT2D eigenvalue weighted by atomic mass is 16.2. The van der Waals surface area contributed by atoms with Gasteiger partial charge in [-0.05, 0) is 77.1 Å². The lowest BCUT2D eigenvalue weighted by Crippen LogP contribution is -2.50. The largest absolute Gasteiger partial charge is 0.354 e. The van der Waals surface area contributed by atoms with Crippen LogP contribution in [0.25, 0.3) is 0 Å². The van der Waals surface area contributed by atoms with Gasteiger partial charge in [-0.1, -0.05) is 102 Å². The Bertz CT molecular complexity index is 1540. The van der Waals surface area contributed by atoms with Gasteiger partial charge in [0.25, 0.3) is 5.91 Å². The lowest BCUT2D eigenvalue weighted by atomic mass is 9.91. The molecule has 3 aromatic rings. The van der Waals surface area contributed by atoms with Crippen LogP contribution >= 0.6 is 0 Å². The zero-order chi connectivity index (χ0) is 38.6. The third-order valence-corrected chi connectivity index (χ3v) is 10.9. The lowest BCUT2D eigenvalue weighted by Gasteiger charge is -2.36. The first kappa shape index (κ1) is 42.8. The van der Waals surface area contributed by atoms with Gasteiger partial charge in [-0.3, -0.25) is 9.59 Å². The molecule has 1 saturated heterocycles. The van der Waals surface area contributed by atoms with Gasteiger partial charge in [0.2, 0.25) is 11.9 Å². The van der Waals surface area contributed by atoms with Crippen LogP contribution in [0, 0.1) is 0 Å². The van der Waals surface area contributed by atoms with Crippen molar-refractivity contribution in [2.75, 3.05) is 62.6 Å². The van der Waals surface area contributed by atoms with Crippen LogP contribution in [0.15, 0.2) is 54.6 Å². The van der Waals surface area contributed by atoms with Crippen molar-refractivity contribution >= 4 is 23.6 Å². The lowest BCUT2D eigenvalue weighted by molar-refractivity contribution is 0.0742. The Labute approximate surface area is 324 Å². The fraction of sp³-hybridized carbons (Fsp3) is 0.605. The Kier molecular flexibility index (Phi) is 18.3. The van der Waals surface area contributed by atoms with Crippen molar-refractivity contribution < 1.29 is 9.59 Å². The molecule has 0 saturated carbocycles. The Morgan fingerprint density at radius 2 is 1.33 bits per heavy atom. The highest BCUT2D eigenvalue weighted by Gasteiger charge is 2.34. The van der Waals surface area contributed by atoms with Crippen molar-refractivity contribution in [3.05, 3.63) is 77.1 Å². The molecule has 2 heterocycles. The van der Waals surface area contributed by atoms with Crippen molar-refractivity contribution in [3.8, 4) is 0 Å². The molecule has 0 aliphatic carbocycles. The summed E-state index contributed by atoms with van der Waals surface area (Å²) in [5.74, 6) is 1.73. The number of anilines is 2. The number of nitrogens with two attached hydrogens (primary N) is 1. The minimum absolute atomic E-state index is 0.133. The van der Waals surface area contributed by atoms with Gasteiger partial charge in [0, 0.05) is 49.9 Å². The van der Waals surface area contributed by atoms with E-state index >= 15 is 0 Å². The molecule has 11 heteroatoms. The number of piperazine rings is 1. The number of hydrogen-bond acceptors (Lipinski definition) is 10. The van der Waals surface area contributed by atoms with E-state index in [0.717, 1.165) is 83.4 Å². The van der Waals surface area contributed by atoms with Gasteiger partial charge in [-0.2, -0.15) is 15.0 Å². The van der Waals surface area contributed by atoms with E-state index in [1.165, 1.54) is 25.7 Å². The normalized spacial score (nSPS) is 13.4. The van der Waals surface area contributed by atoms with Crippen LogP contribution in [0.3, 0.4) is 0 Å². The Morgan fingerprint density at radius 3 is 1.98 bits per heavy atom. The first-order valence-electron chi connectivity index (χ1n) is 20.8. The summed E-state index contributed by atoms with van der Waals surface area (Å²) >= 11 is 0. The first-order chi connectivity index (χ1) is 26.4. The molecule has 0 atom stereocenters. The number of carbonyl (C=O) groups excluding carboxylic acids is 2. The highest BCUT2D eigenvalue weighted by molar-refractivity contribution is 6.15. The van der Waals surface area contributed by atoms with Gasteiger partial charge in [0.05, 0.1) is 11.1 Å². The van der Waals surface area contributed by atoms with E-state index in [0.29, 0.717) is 60.8 Å². The topological polar surface area (TPSA) is 141 Å². The number of rotatable bonds is 25. The third-order valence-electron chi connectivity index (χ3n) is 10.9. The molecular weight excluding hydrogens is 675 g/mol. The summed E-state index contributed by atoms with van der Waals surface area (Å²) in [6, 6.07) is 16.9. The maximum Gasteiger partial charge on any atom is 0.254 e. The predicted molar refractivity (Wildman–Crippen MR) is 221 cm³/mol. The second-order valence-corrected chi connectivity index (χ2v) is 14.5. The third kappa shape index (κ3) is 12.3. The summed E-state index contributed by atoms with van der Waals surface area (Å²) in [5.41, 5.74) is 6.76. The van der Waals surface area contributed by atoms with Crippen LogP contribution in [-0.2, 0) is 5.54 Å². The highest BCUT2D eigenvalue weighted by Crippen LogP contribution is 2.29. The van der Waals surface area contributed by atoms with Crippen LogP contribution in [0.5, 0.6) is 0 Å². The number of aromatic nitrogens is 3. The van der Waals surface area contributed by atoms with Crippen molar-refractivity contribution in [1.82, 2.24) is 30.5 Å². The molecule has 2 aromatic carbocycles. The van der Waals surface area contributed by atoms with E-state index in [4.69, 9.17) is 20.7 Å². The number of unbranched alkanes of at least 4 members (excludes halogenated alkanes) is 6. The van der Waals surface area contributed by atoms with E-state index in [9.17, 15) is 9.59 Å². The zero-order valence-electron chi connectivity index (χ0n) is 33.5. The van der Waals surface area contributed by atoms with Crippen molar-refractivity contribution in [2.45, 2.75) is 116 Å². The minimum Gasteiger partial charge on any atom is -0.354 e. The average molecular weight is 742 g/mol. The SMILES string of the molecule is CCC(CC)NCCCCCCNc1nc(N2CCN(C(=O)c3ccccc3C(=O)c3ccccc3)CC2)nc(C(CC)(CC)NCCCCCCN)n1. The maximum absolute atomic E-state index is 13.9. The molecule has 0 unspecified atom stereocenters. The van der Waals surface area contributed by atoms with Crippen LogP contribution in [-0.4, -0.2) is 89.9 Å². The summed E-state index contributed by atoms with van der Waals surface area (Å²) in [4.78, 5) is 46.4. The molecule has 0 radical (unpaired) electrons. The second-order valence-electron chi connectivity index (χ2n) is 14.5. The number of amides is 1. The van der Waals surface area contributed by atoms with Gasteiger partial charge in [0.1, 0.15) is 0 Å². The molecule has 4 rings (SSSR count). The predicted octanol–water partition coefficient (Wildman–Crippen LogP) is 6.94. The van der Waals surface area contributed by atoms with Crippen LogP contribution < -0.4 is 26.6 Å². The Balaban J connectivity index is 1.45. The molecule has 296 valence electrons. The van der Waals surface area contributed by atoms with Gasteiger partial charge >= 0.3 is 0 Å². The van der Waals surface area contributed by atoms with E-state index in [1.54, 1.807) is 24.3 Å². The van der Waals surface area contributed by atoms with E-state index in [-0.39, 0.29) is 17.2 Å². The molecule has 0 bridgehead atoms. The van der Waals surface area contributed by atoms with Gasteiger partial charge in [-0.15, -0.1) is 0 Å². The van der Waals surface area contributed by atoms with Gasteiger partial charge < -0.3 is 31.5 Å². The van der Waals surface area contributed by atoms with Crippen molar-refractivity contribution in [1.29, 1.82) is 0 Å². The number of nitrogens with one attached hydrogen (secondary N) is 3. The second kappa shape index (κ2) is 23.1. The first-order valence-corrected chi connectivity index (χ1v) is 20.8. The molecule has 1 fully saturated rings. The summed E-state index contributed by atoms with van der Waals surface area (Å²) < 4.78 is 0. The number of benzene rings is 2. The standard InChI is InChI=1S/C43H67N9O2/c1-5-35(6-2)45-27-19-11-12-20-28-46-41-48-40(43(7-3,8-4)47-29-21-10-9-18-26-44)49-42(50-41)52-32-30-51(31-33-52)39(54)37-25-17-16-24-36(37)38(53)34-22-14-13-15-23-34/h13-17,22-25,35,45,47H,5-12,18-21,26-33,44H2,1-4H3,(H,46,48,49,50). The smallest absolute Gasteiger partial charge is 0.254 e. The number of carbonyl (C=O) groups is 2. The zero-order valence-corrected chi connectivity index (χ0v) is 33.5. The summed E-state index contributed by atoms with van der Waals surface area (Å²) in [5, 5.41) is 11.1. The average Bonchev–Trinajstić information content (AvgIpc) is 3.23. The van der Waals surface area contributed by atoms with Crippen LogP contribution in [0.2, 0.25) is 0 Å². The van der Waals surface area contributed by atoms with Crippen LogP contribution in [0.4, 0.5) is 11.9 Å². The quantitative estimate of drug-likeness (QED) is 0.0533. The summed E-state index contributed by atoms with van der Waals surface area (Å²) in [6.07, 6.45) is 13.1. The van der Waals surface area contributed by atoms with Crippen molar-refractivity contribution in [3.63, 3.8) is 0 Å². The molecule has 1 aliphatic rings. The molecule has 1 aliphatic heterocycles. The molecule has 1 aromatic heterocycles. The monoisotopic (exact) mass is 742 g/mol. The Hall–Kier alpha value is -3.93.